The van der Waals surface area contributed by atoms with Crippen LogP contribution >= 0.6 is 0 Å². The summed E-state index contributed by atoms with van der Waals surface area (Å²) in [5, 5.41) is 9.61. The van der Waals surface area contributed by atoms with E-state index in [-0.39, 0.29) is 11.3 Å². The largest absolute Gasteiger partial charge is 0.417 e. The molecular weight excluding hydrogens is 479 g/mol. The number of aliphatic hydroxyl groups excluding tert-OH is 1. The summed E-state index contributed by atoms with van der Waals surface area (Å²) in [5.74, 6) is 0. The predicted octanol–water partition coefficient (Wildman–Crippen LogP) is 3.42. The Morgan fingerprint density at radius 3 is 1.94 bits per heavy atom. The molecule has 0 aliphatic rings. The number of aliphatic hydroxyl groups is 1. The minimum absolute atomic E-state index is 0.0138. The van der Waals surface area contributed by atoms with E-state index in [9.17, 15) is 35.1 Å². The number of hydrogen-bond acceptors (Lipinski definition) is 5. The van der Waals surface area contributed by atoms with Crippen molar-refractivity contribution in [2.45, 2.75) is 33.3 Å². The summed E-state index contributed by atoms with van der Waals surface area (Å²) in [6.07, 6.45) is -5.05. The zero-order chi connectivity index (χ0) is 24.3. The van der Waals surface area contributed by atoms with Crippen molar-refractivity contribution in [1.82, 2.24) is 4.72 Å². The number of nitrogens with one attached hydrogen (secondary N) is 1. The molecule has 0 amide bonds. The van der Waals surface area contributed by atoms with Gasteiger partial charge < -0.3 is 5.11 Å². The van der Waals surface area contributed by atoms with E-state index in [2.05, 4.69) is 4.72 Å². The number of hydrogen-bond donors (Lipinski definition) is 2. The number of rotatable bonds is 8. The lowest BCUT2D eigenvalue weighted by molar-refractivity contribution is -0.139. The Bertz CT molecular complexity index is 1310. The van der Waals surface area contributed by atoms with Crippen LogP contribution < -0.4 is 4.72 Å². The third-order valence-electron chi connectivity index (χ3n) is 4.78. The molecule has 3 aromatic carbocycles. The van der Waals surface area contributed by atoms with Crippen LogP contribution in [-0.2, 0) is 32.5 Å². The van der Waals surface area contributed by atoms with Crippen LogP contribution in [0.2, 0.25) is 0 Å². The molecule has 0 spiro atoms. The van der Waals surface area contributed by atoms with Gasteiger partial charge in [-0.2, -0.15) is 13.2 Å². The molecule has 0 unspecified atom stereocenters. The number of alkyl halides is 3. The molecule has 0 aliphatic carbocycles. The molecule has 0 saturated heterocycles. The van der Waals surface area contributed by atoms with E-state index in [4.69, 9.17) is 0 Å². The third kappa shape index (κ3) is 5.80. The van der Waals surface area contributed by atoms with Crippen molar-refractivity contribution in [3.63, 3.8) is 0 Å². The van der Waals surface area contributed by atoms with Crippen LogP contribution in [0, 0.1) is 0 Å². The van der Waals surface area contributed by atoms with Crippen LogP contribution in [0.15, 0.2) is 93.5 Å². The Morgan fingerprint density at radius 1 is 0.818 bits per heavy atom. The van der Waals surface area contributed by atoms with Gasteiger partial charge in [-0.3, -0.25) is 0 Å². The highest BCUT2D eigenvalue weighted by Crippen LogP contribution is 2.36. The van der Waals surface area contributed by atoms with Crippen molar-refractivity contribution in [1.29, 1.82) is 0 Å². The molecule has 3 rings (SSSR count). The molecule has 1 atom stereocenters. The summed E-state index contributed by atoms with van der Waals surface area (Å²) in [5.41, 5.74) is -0.867. The first-order chi connectivity index (χ1) is 15.4. The molecule has 0 aromatic heterocycles. The average Bonchev–Trinajstić information content (AvgIpc) is 2.78. The molecule has 0 bridgehead atoms. The molecule has 6 nitrogen and oxygen atoms in total. The van der Waals surface area contributed by atoms with Crippen molar-refractivity contribution >= 4 is 19.9 Å². The van der Waals surface area contributed by atoms with Crippen molar-refractivity contribution in [3.05, 3.63) is 90.0 Å². The van der Waals surface area contributed by atoms with E-state index in [1.807, 2.05) is 0 Å². The summed E-state index contributed by atoms with van der Waals surface area (Å²) < 4.78 is 94.5. The van der Waals surface area contributed by atoms with Gasteiger partial charge in [0.25, 0.3) is 0 Å². The average molecular weight is 500 g/mol. The van der Waals surface area contributed by atoms with Crippen LogP contribution in [0.25, 0.3) is 0 Å². The van der Waals surface area contributed by atoms with Gasteiger partial charge in [0.15, 0.2) is 0 Å². The van der Waals surface area contributed by atoms with Gasteiger partial charge in [-0.1, -0.05) is 48.5 Å². The predicted molar refractivity (Wildman–Crippen MR) is 115 cm³/mol. The smallest absolute Gasteiger partial charge is 0.395 e. The van der Waals surface area contributed by atoms with Crippen LogP contribution in [0.4, 0.5) is 13.2 Å². The molecule has 0 radical (unpaired) electrons. The highest BCUT2D eigenvalue weighted by Gasteiger charge is 2.39. The molecule has 0 fully saturated rings. The Morgan fingerprint density at radius 2 is 1.39 bits per heavy atom. The van der Waals surface area contributed by atoms with Crippen LogP contribution in [0.5, 0.6) is 0 Å². The van der Waals surface area contributed by atoms with Gasteiger partial charge in [0.1, 0.15) is 0 Å². The van der Waals surface area contributed by atoms with Gasteiger partial charge in [0.2, 0.25) is 19.9 Å². The highest BCUT2D eigenvalue weighted by molar-refractivity contribution is 7.91. The van der Waals surface area contributed by atoms with Crippen molar-refractivity contribution in [2.75, 3.05) is 6.61 Å². The molecule has 33 heavy (non-hydrogen) atoms. The maximum atomic E-state index is 13.6. The van der Waals surface area contributed by atoms with E-state index >= 15 is 0 Å². The molecule has 0 heterocycles. The normalized spacial score (nSPS) is 13.6. The quantitative estimate of drug-likeness (QED) is 0.495. The highest BCUT2D eigenvalue weighted by atomic mass is 32.2. The third-order valence-corrected chi connectivity index (χ3v) is 8.11. The minimum Gasteiger partial charge on any atom is -0.395 e. The molecule has 0 aliphatic heterocycles. The zero-order valence-corrected chi connectivity index (χ0v) is 18.7. The second kappa shape index (κ2) is 9.64. The van der Waals surface area contributed by atoms with Gasteiger partial charge in [0.05, 0.1) is 26.9 Å². The Kier molecular flexibility index (Phi) is 7.27. The Labute approximate surface area is 189 Å². The zero-order valence-electron chi connectivity index (χ0n) is 17.0. The monoisotopic (exact) mass is 499 g/mol. The lowest BCUT2D eigenvalue weighted by Crippen LogP contribution is -2.39. The maximum absolute atomic E-state index is 13.6. The summed E-state index contributed by atoms with van der Waals surface area (Å²) >= 11 is 0. The van der Waals surface area contributed by atoms with E-state index in [0.717, 1.165) is 6.07 Å². The Balaban J connectivity index is 2.06. The fourth-order valence-corrected chi connectivity index (χ4v) is 6.05. The number of sulfone groups is 1. The summed E-state index contributed by atoms with van der Waals surface area (Å²) in [6, 6.07) is 15.9. The minimum atomic E-state index is -5.06. The standard InChI is InChI=1S/C22H20F3NO5S2/c23-22(24,25)20-12-11-19(32(28,29)18-9-5-2-6-10-18)14-21(20)33(30,31)26-17(15-27)13-16-7-3-1-4-8-16/h1-12,14,17,26-27H,13,15H2/t17-/m0/s1. The maximum Gasteiger partial charge on any atom is 0.417 e. The molecule has 176 valence electrons. The fraction of sp³-hybridized carbons (Fsp3) is 0.182. The van der Waals surface area contributed by atoms with Crippen LogP contribution in [0.3, 0.4) is 0 Å². The Hall–Kier alpha value is -2.73. The van der Waals surface area contributed by atoms with E-state index < -0.39 is 54.0 Å². The summed E-state index contributed by atoms with van der Waals surface area (Å²) in [7, 11) is -9.14. The first kappa shape index (κ1) is 24.9. The van der Waals surface area contributed by atoms with E-state index in [0.29, 0.717) is 17.7 Å². The lowest BCUT2D eigenvalue weighted by atomic mass is 10.1. The van der Waals surface area contributed by atoms with Gasteiger partial charge in [-0.05, 0) is 42.3 Å². The van der Waals surface area contributed by atoms with Crippen molar-refractivity contribution < 1.29 is 35.1 Å². The van der Waals surface area contributed by atoms with Crippen molar-refractivity contribution in [2.24, 2.45) is 0 Å². The van der Waals surface area contributed by atoms with Crippen LogP contribution in [-0.4, -0.2) is 34.6 Å². The number of halogens is 3. The summed E-state index contributed by atoms with van der Waals surface area (Å²) in [4.78, 5) is -2.04. The van der Waals surface area contributed by atoms with Gasteiger partial charge in [-0.15, -0.1) is 0 Å². The number of benzene rings is 3. The first-order valence-electron chi connectivity index (χ1n) is 9.63. The molecular formula is C22H20F3NO5S2. The SMILES string of the molecule is O=S(=O)(N[C@H](CO)Cc1ccccc1)c1cc(S(=O)(=O)c2ccccc2)ccc1C(F)(F)F. The second-order valence-electron chi connectivity index (χ2n) is 7.16. The molecule has 0 saturated carbocycles. The first-order valence-corrected chi connectivity index (χ1v) is 12.6. The second-order valence-corrected chi connectivity index (χ2v) is 10.8. The molecule has 3 aromatic rings. The van der Waals surface area contributed by atoms with Crippen LogP contribution in [0.1, 0.15) is 11.1 Å². The summed E-state index contributed by atoms with van der Waals surface area (Å²) in [6.45, 7) is -0.683. The molecule has 11 heteroatoms. The van der Waals surface area contributed by atoms with E-state index in [1.54, 1.807) is 36.4 Å². The van der Waals surface area contributed by atoms with Gasteiger partial charge >= 0.3 is 6.18 Å². The van der Waals surface area contributed by atoms with Crippen molar-refractivity contribution in [3.8, 4) is 0 Å². The topological polar surface area (TPSA) is 101 Å². The molecule has 2 N–H and O–H groups in total. The fourth-order valence-electron chi connectivity index (χ4n) is 3.19. The van der Waals surface area contributed by atoms with Gasteiger partial charge in [-0.25, -0.2) is 21.6 Å². The van der Waals surface area contributed by atoms with E-state index in [1.165, 1.54) is 24.3 Å². The van der Waals surface area contributed by atoms with Gasteiger partial charge in [0, 0.05) is 6.04 Å². The lowest BCUT2D eigenvalue weighted by Gasteiger charge is -2.20. The number of sulfonamides is 1.